The highest BCUT2D eigenvalue weighted by molar-refractivity contribution is 7.89. The van der Waals surface area contributed by atoms with Gasteiger partial charge in [0.15, 0.2) is 0 Å². The zero-order valence-electron chi connectivity index (χ0n) is 12.2. The van der Waals surface area contributed by atoms with E-state index in [-0.39, 0.29) is 16.0 Å². The molecule has 2 rings (SSSR count). The second-order valence-electron chi connectivity index (χ2n) is 5.37. The van der Waals surface area contributed by atoms with Gasteiger partial charge in [-0.15, -0.1) is 0 Å². The molecule has 1 N–H and O–H groups in total. The van der Waals surface area contributed by atoms with Crippen molar-refractivity contribution in [2.24, 2.45) is 0 Å². The normalized spacial score (nSPS) is 20.7. The van der Waals surface area contributed by atoms with E-state index in [0.717, 1.165) is 25.3 Å². The molecule has 0 bridgehead atoms. The molecule has 4 nitrogen and oxygen atoms in total. The fourth-order valence-electron chi connectivity index (χ4n) is 2.65. The van der Waals surface area contributed by atoms with Gasteiger partial charge in [0.1, 0.15) is 5.82 Å². The molecule has 0 spiro atoms. The Bertz CT molecular complexity index is 622. The maximum atomic E-state index is 13.9. The molecule has 0 aromatic heterocycles. The average molecular weight is 335 g/mol. The van der Waals surface area contributed by atoms with Crippen LogP contribution in [0.25, 0.3) is 0 Å². The molecular formula is C14H20ClFN2O2S. The predicted molar refractivity (Wildman–Crippen MR) is 81.4 cm³/mol. The van der Waals surface area contributed by atoms with E-state index in [9.17, 15) is 12.8 Å². The van der Waals surface area contributed by atoms with Crippen LogP contribution >= 0.6 is 11.6 Å². The third kappa shape index (κ3) is 3.39. The number of benzene rings is 1. The van der Waals surface area contributed by atoms with Gasteiger partial charge in [-0.2, -0.15) is 4.31 Å². The molecule has 1 heterocycles. The van der Waals surface area contributed by atoms with Crippen LogP contribution in [0.4, 0.5) is 4.39 Å². The van der Waals surface area contributed by atoms with Gasteiger partial charge in [-0.25, -0.2) is 12.8 Å². The summed E-state index contributed by atoms with van der Waals surface area (Å²) >= 11 is 5.89. The van der Waals surface area contributed by atoms with Crippen molar-refractivity contribution < 1.29 is 12.8 Å². The van der Waals surface area contributed by atoms with Crippen molar-refractivity contribution in [3.8, 4) is 0 Å². The first-order valence-corrected chi connectivity index (χ1v) is 8.84. The van der Waals surface area contributed by atoms with Crippen molar-refractivity contribution in [3.05, 3.63) is 28.5 Å². The van der Waals surface area contributed by atoms with Gasteiger partial charge in [0, 0.05) is 19.1 Å². The SMILES string of the molecule is CNCc1cc(S(=O)(=O)N2CCCCC2C)cc(F)c1Cl. The zero-order valence-corrected chi connectivity index (χ0v) is 13.8. The first-order valence-electron chi connectivity index (χ1n) is 7.02. The molecule has 21 heavy (non-hydrogen) atoms. The van der Waals surface area contributed by atoms with Crippen LogP contribution in [0, 0.1) is 5.82 Å². The number of halogens is 2. The molecule has 1 aromatic rings. The van der Waals surface area contributed by atoms with Crippen LogP contribution in [0.3, 0.4) is 0 Å². The van der Waals surface area contributed by atoms with E-state index in [1.807, 2.05) is 6.92 Å². The monoisotopic (exact) mass is 334 g/mol. The molecule has 1 saturated heterocycles. The number of sulfonamides is 1. The predicted octanol–water partition coefficient (Wildman–Crippen LogP) is 2.76. The minimum Gasteiger partial charge on any atom is -0.316 e. The van der Waals surface area contributed by atoms with Crippen LogP contribution in [0.1, 0.15) is 31.7 Å². The standard InChI is InChI=1S/C14H20ClFN2O2S/c1-10-5-3-4-6-18(10)21(19,20)12-7-11(9-17-2)14(15)13(16)8-12/h7-8,10,17H,3-6,9H2,1-2H3. The van der Waals surface area contributed by atoms with E-state index in [2.05, 4.69) is 5.32 Å². The minimum absolute atomic E-state index is 0.0246. The van der Waals surface area contributed by atoms with Crippen molar-refractivity contribution in [2.75, 3.05) is 13.6 Å². The molecule has 118 valence electrons. The topological polar surface area (TPSA) is 49.4 Å². The molecule has 1 aliphatic heterocycles. The Morgan fingerprint density at radius 3 is 2.76 bits per heavy atom. The van der Waals surface area contributed by atoms with Gasteiger partial charge in [-0.3, -0.25) is 0 Å². The highest BCUT2D eigenvalue weighted by Gasteiger charge is 2.31. The summed E-state index contributed by atoms with van der Waals surface area (Å²) in [6.07, 6.45) is 2.69. The van der Waals surface area contributed by atoms with Crippen molar-refractivity contribution in [1.82, 2.24) is 9.62 Å². The van der Waals surface area contributed by atoms with Crippen molar-refractivity contribution in [1.29, 1.82) is 0 Å². The molecule has 1 unspecified atom stereocenters. The zero-order chi connectivity index (χ0) is 15.6. The molecule has 1 aliphatic rings. The first-order chi connectivity index (χ1) is 9.87. The van der Waals surface area contributed by atoms with Crippen LogP contribution < -0.4 is 5.32 Å². The number of hydrogen-bond acceptors (Lipinski definition) is 3. The quantitative estimate of drug-likeness (QED) is 0.921. The minimum atomic E-state index is -3.68. The van der Waals surface area contributed by atoms with Gasteiger partial charge >= 0.3 is 0 Å². The van der Waals surface area contributed by atoms with Crippen LogP contribution in [-0.2, 0) is 16.6 Å². The Kier molecular flexibility index (Phi) is 5.24. The molecule has 1 aromatic carbocycles. The molecule has 0 aliphatic carbocycles. The van der Waals surface area contributed by atoms with Crippen molar-refractivity contribution in [3.63, 3.8) is 0 Å². The van der Waals surface area contributed by atoms with Crippen LogP contribution in [0.15, 0.2) is 17.0 Å². The largest absolute Gasteiger partial charge is 0.316 e. The first kappa shape index (κ1) is 16.7. The number of nitrogens with one attached hydrogen (secondary N) is 1. The molecule has 0 radical (unpaired) electrons. The fraction of sp³-hybridized carbons (Fsp3) is 0.571. The lowest BCUT2D eigenvalue weighted by Crippen LogP contribution is -2.42. The lowest BCUT2D eigenvalue weighted by atomic mass is 10.1. The Balaban J connectivity index is 2.44. The summed E-state index contributed by atoms with van der Waals surface area (Å²) in [4.78, 5) is -0.0246. The summed E-state index contributed by atoms with van der Waals surface area (Å²) in [6, 6.07) is 2.41. The highest BCUT2D eigenvalue weighted by Crippen LogP contribution is 2.29. The average Bonchev–Trinajstić information content (AvgIpc) is 2.44. The smallest absolute Gasteiger partial charge is 0.243 e. The number of rotatable bonds is 4. The number of hydrogen-bond donors (Lipinski definition) is 1. The molecule has 0 amide bonds. The van der Waals surface area contributed by atoms with E-state index in [0.29, 0.717) is 18.7 Å². The summed E-state index contributed by atoms with van der Waals surface area (Å²) in [5.74, 6) is -0.701. The van der Waals surface area contributed by atoms with E-state index in [4.69, 9.17) is 11.6 Å². The van der Waals surface area contributed by atoms with Gasteiger partial charge in [-0.05, 0) is 44.5 Å². The van der Waals surface area contributed by atoms with Gasteiger partial charge in [0.25, 0.3) is 0 Å². The maximum absolute atomic E-state index is 13.9. The molecule has 1 fully saturated rings. The summed E-state index contributed by atoms with van der Waals surface area (Å²) in [5, 5.41) is 2.83. The third-order valence-corrected chi connectivity index (χ3v) is 6.21. The lowest BCUT2D eigenvalue weighted by Gasteiger charge is -2.32. The van der Waals surface area contributed by atoms with Crippen molar-refractivity contribution in [2.45, 2.75) is 43.7 Å². The highest BCUT2D eigenvalue weighted by atomic mass is 35.5. The molecule has 7 heteroatoms. The third-order valence-electron chi connectivity index (χ3n) is 3.79. The Morgan fingerprint density at radius 1 is 1.43 bits per heavy atom. The maximum Gasteiger partial charge on any atom is 0.243 e. The second kappa shape index (κ2) is 6.60. The summed E-state index contributed by atoms with van der Waals surface area (Å²) in [5.41, 5.74) is 0.447. The molecule has 1 atom stereocenters. The van der Waals surface area contributed by atoms with E-state index in [1.54, 1.807) is 7.05 Å². The summed E-state index contributed by atoms with van der Waals surface area (Å²) in [6.45, 7) is 2.68. The molecular weight excluding hydrogens is 315 g/mol. The second-order valence-corrected chi connectivity index (χ2v) is 7.64. The summed E-state index contributed by atoms with van der Waals surface area (Å²) < 4.78 is 40.8. The summed E-state index contributed by atoms with van der Waals surface area (Å²) in [7, 11) is -1.99. The fourth-order valence-corrected chi connectivity index (χ4v) is 4.59. The van der Waals surface area contributed by atoms with E-state index in [1.165, 1.54) is 10.4 Å². The lowest BCUT2D eigenvalue weighted by molar-refractivity contribution is 0.268. The number of nitrogens with zero attached hydrogens (tertiary/aromatic N) is 1. The Hall–Kier alpha value is -0.690. The van der Waals surface area contributed by atoms with Crippen LogP contribution in [-0.4, -0.2) is 32.4 Å². The Morgan fingerprint density at radius 2 is 2.14 bits per heavy atom. The van der Waals surface area contributed by atoms with E-state index >= 15 is 0 Å². The Labute approximate surface area is 130 Å². The van der Waals surface area contributed by atoms with Gasteiger partial charge < -0.3 is 5.32 Å². The van der Waals surface area contributed by atoms with Crippen LogP contribution in [0.5, 0.6) is 0 Å². The van der Waals surface area contributed by atoms with Crippen LogP contribution in [0.2, 0.25) is 5.02 Å². The van der Waals surface area contributed by atoms with Crippen molar-refractivity contribution >= 4 is 21.6 Å². The van der Waals surface area contributed by atoms with Gasteiger partial charge in [0.05, 0.1) is 9.92 Å². The van der Waals surface area contributed by atoms with Gasteiger partial charge in [0.2, 0.25) is 10.0 Å². The molecule has 0 saturated carbocycles. The van der Waals surface area contributed by atoms with E-state index < -0.39 is 15.8 Å². The number of piperidine rings is 1. The van der Waals surface area contributed by atoms with Gasteiger partial charge in [-0.1, -0.05) is 18.0 Å².